The van der Waals surface area contributed by atoms with Gasteiger partial charge in [0.15, 0.2) is 5.78 Å². The van der Waals surface area contributed by atoms with E-state index in [2.05, 4.69) is 0 Å². The van der Waals surface area contributed by atoms with Crippen LogP contribution >= 0.6 is 0 Å². The van der Waals surface area contributed by atoms with E-state index in [4.69, 9.17) is 9.47 Å². The van der Waals surface area contributed by atoms with Gasteiger partial charge in [0.1, 0.15) is 30.5 Å². The Morgan fingerprint density at radius 1 is 0.794 bits per heavy atom. The lowest BCUT2D eigenvalue weighted by Crippen LogP contribution is -2.04. The van der Waals surface area contributed by atoms with Crippen LogP contribution in [0.1, 0.15) is 32.6 Å². The fraction of sp³-hybridized carbons (Fsp3) is 0.100. The maximum absolute atomic E-state index is 13.2. The molecule has 4 aromatic carbocycles. The van der Waals surface area contributed by atoms with Gasteiger partial charge in [0, 0.05) is 6.07 Å². The number of carbonyl (C=O) groups excluding carboxylic acids is 1. The summed E-state index contributed by atoms with van der Waals surface area (Å²) in [6.07, 6.45) is 3.32. The lowest BCUT2D eigenvalue weighted by molar-refractivity contribution is 0.104. The molecule has 4 rings (SSSR count). The van der Waals surface area contributed by atoms with Crippen molar-refractivity contribution >= 4 is 11.9 Å². The Bertz CT molecular complexity index is 1260. The highest BCUT2D eigenvalue weighted by Gasteiger charge is 2.13. The summed E-state index contributed by atoms with van der Waals surface area (Å²) < 4.78 is 25.1. The van der Waals surface area contributed by atoms with Gasteiger partial charge in [-0.3, -0.25) is 4.79 Å². The Morgan fingerprint density at radius 3 is 2.21 bits per heavy atom. The van der Waals surface area contributed by atoms with Crippen molar-refractivity contribution in [1.82, 2.24) is 0 Å². The predicted octanol–water partition coefficient (Wildman–Crippen LogP) is 7.19. The zero-order valence-corrected chi connectivity index (χ0v) is 18.9. The summed E-state index contributed by atoms with van der Waals surface area (Å²) in [6.45, 7) is 2.62. The van der Waals surface area contributed by atoms with Crippen molar-refractivity contribution in [3.05, 3.63) is 137 Å². The molecule has 0 bridgehead atoms. The highest BCUT2D eigenvalue weighted by molar-refractivity contribution is 6.08. The van der Waals surface area contributed by atoms with E-state index in [1.54, 1.807) is 36.4 Å². The van der Waals surface area contributed by atoms with Gasteiger partial charge >= 0.3 is 0 Å². The number of halogens is 1. The first-order valence-corrected chi connectivity index (χ1v) is 11.0. The molecule has 0 aliphatic rings. The van der Waals surface area contributed by atoms with E-state index in [1.807, 2.05) is 61.5 Å². The fourth-order valence-electron chi connectivity index (χ4n) is 3.34. The van der Waals surface area contributed by atoms with Crippen molar-refractivity contribution in [2.75, 3.05) is 0 Å². The first-order valence-electron chi connectivity index (χ1n) is 11.0. The zero-order chi connectivity index (χ0) is 23.8. The second-order valence-corrected chi connectivity index (χ2v) is 7.96. The van der Waals surface area contributed by atoms with E-state index in [9.17, 15) is 9.18 Å². The van der Waals surface area contributed by atoms with Crippen molar-refractivity contribution in [3.8, 4) is 11.5 Å². The number of rotatable bonds is 9. The molecular weight excluding hydrogens is 427 g/mol. The third-order valence-corrected chi connectivity index (χ3v) is 5.28. The van der Waals surface area contributed by atoms with Crippen molar-refractivity contribution in [2.45, 2.75) is 20.1 Å². The number of hydrogen-bond acceptors (Lipinski definition) is 3. The van der Waals surface area contributed by atoms with Gasteiger partial charge in [-0.1, -0.05) is 78.4 Å². The van der Waals surface area contributed by atoms with Crippen LogP contribution in [0.3, 0.4) is 0 Å². The molecule has 170 valence electrons. The van der Waals surface area contributed by atoms with Crippen LogP contribution in [0.15, 0.2) is 103 Å². The molecule has 0 spiro atoms. The average molecular weight is 453 g/mol. The Balaban J connectivity index is 1.54. The highest BCUT2D eigenvalue weighted by atomic mass is 19.1. The Kier molecular flexibility index (Phi) is 7.51. The zero-order valence-electron chi connectivity index (χ0n) is 18.9. The standard InChI is InChI=1S/C30H25FO3/c1-22-7-9-23(10-8-22)13-18-29(32)28-17-16-27(33-20-24-5-3-2-4-6-24)19-30(28)34-21-25-11-14-26(31)15-12-25/h2-19H,20-21H2,1H3/b18-13-. The summed E-state index contributed by atoms with van der Waals surface area (Å²) in [4.78, 5) is 13.0. The summed E-state index contributed by atoms with van der Waals surface area (Å²) in [6, 6.07) is 29.0. The number of hydrogen-bond donors (Lipinski definition) is 0. The summed E-state index contributed by atoms with van der Waals surface area (Å²) in [5.74, 6) is 0.520. The van der Waals surface area contributed by atoms with Gasteiger partial charge in [0.25, 0.3) is 0 Å². The Morgan fingerprint density at radius 2 is 1.47 bits per heavy atom. The molecule has 0 N–H and O–H groups in total. The topological polar surface area (TPSA) is 35.5 Å². The van der Waals surface area contributed by atoms with Crippen LogP contribution in [0.2, 0.25) is 0 Å². The van der Waals surface area contributed by atoms with E-state index >= 15 is 0 Å². The number of aryl methyl sites for hydroxylation is 1. The van der Waals surface area contributed by atoms with Gasteiger partial charge in [-0.15, -0.1) is 0 Å². The number of benzene rings is 4. The summed E-state index contributed by atoms with van der Waals surface area (Å²) in [5.41, 5.74) is 4.36. The molecule has 0 heterocycles. The number of ether oxygens (including phenoxy) is 2. The summed E-state index contributed by atoms with van der Waals surface area (Å²) in [7, 11) is 0. The van der Waals surface area contributed by atoms with Crippen LogP contribution in [0, 0.1) is 12.7 Å². The third-order valence-electron chi connectivity index (χ3n) is 5.28. The van der Waals surface area contributed by atoms with Crippen molar-refractivity contribution in [2.24, 2.45) is 0 Å². The molecule has 0 saturated heterocycles. The van der Waals surface area contributed by atoms with Crippen LogP contribution < -0.4 is 9.47 Å². The third kappa shape index (κ3) is 6.42. The highest BCUT2D eigenvalue weighted by Crippen LogP contribution is 2.28. The van der Waals surface area contributed by atoms with E-state index in [-0.39, 0.29) is 18.2 Å². The first kappa shape index (κ1) is 23.0. The molecule has 0 amide bonds. The second-order valence-electron chi connectivity index (χ2n) is 7.96. The van der Waals surface area contributed by atoms with E-state index in [0.717, 1.165) is 22.3 Å². The molecule has 0 aromatic heterocycles. The van der Waals surface area contributed by atoms with Gasteiger partial charge < -0.3 is 9.47 Å². The molecule has 0 aliphatic carbocycles. The quantitative estimate of drug-likeness (QED) is 0.199. The molecule has 0 saturated carbocycles. The number of allylic oxidation sites excluding steroid dienone is 1. The predicted molar refractivity (Wildman–Crippen MR) is 132 cm³/mol. The number of carbonyl (C=O) groups is 1. The van der Waals surface area contributed by atoms with Crippen LogP contribution in [0.5, 0.6) is 11.5 Å². The molecule has 0 radical (unpaired) electrons. The Hall–Kier alpha value is -4.18. The SMILES string of the molecule is Cc1ccc(/C=C\C(=O)c2ccc(OCc3ccccc3)cc2OCc2ccc(F)cc2)cc1. The minimum Gasteiger partial charge on any atom is -0.489 e. The molecule has 3 nitrogen and oxygen atoms in total. The number of ketones is 1. The minimum absolute atomic E-state index is 0.177. The van der Waals surface area contributed by atoms with E-state index in [1.165, 1.54) is 18.2 Å². The Labute approximate surface area is 199 Å². The van der Waals surface area contributed by atoms with Gasteiger partial charge in [-0.2, -0.15) is 0 Å². The van der Waals surface area contributed by atoms with Crippen molar-refractivity contribution < 1.29 is 18.7 Å². The first-order chi connectivity index (χ1) is 16.6. The molecule has 0 aliphatic heterocycles. The molecule has 34 heavy (non-hydrogen) atoms. The van der Waals surface area contributed by atoms with Gasteiger partial charge in [0.2, 0.25) is 0 Å². The lowest BCUT2D eigenvalue weighted by atomic mass is 10.1. The van der Waals surface area contributed by atoms with Crippen LogP contribution in [-0.4, -0.2) is 5.78 Å². The van der Waals surface area contributed by atoms with Crippen LogP contribution in [0.25, 0.3) is 6.08 Å². The van der Waals surface area contributed by atoms with Crippen molar-refractivity contribution in [3.63, 3.8) is 0 Å². The molecular formula is C30H25FO3. The van der Waals surface area contributed by atoms with Crippen LogP contribution in [-0.2, 0) is 13.2 Å². The molecule has 0 fully saturated rings. The van der Waals surface area contributed by atoms with Crippen molar-refractivity contribution in [1.29, 1.82) is 0 Å². The summed E-state index contributed by atoms with van der Waals surface area (Å²) >= 11 is 0. The molecule has 0 unspecified atom stereocenters. The van der Waals surface area contributed by atoms with E-state index < -0.39 is 0 Å². The normalized spacial score (nSPS) is 10.9. The molecule has 4 heteroatoms. The minimum atomic E-state index is -0.308. The van der Waals surface area contributed by atoms with Gasteiger partial charge in [0.05, 0.1) is 5.56 Å². The second kappa shape index (κ2) is 11.1. The monoisotopic (exact) mass is 452 g/mol. The summed E-state index contributed by atoms with van der Waals surface area (Å²) in [5, 5.41) is 0. The molecule has 4 aromatic rings. The molecule has 0 atom stereocenters. The fourth-order valence-corrected chi connectivity index (χ4v) is 3.34. The average Bonchev–Trinajstić information content (AvgIpc) is 2.87. The van der Waals surface area contributed by atoms with Crippen LogP contribution in [0.4, 0.5) is 4.39 Å². The van der Waals surface area contributed by atoms with Gasteiger partial charge in [-0.05, 0) is 54.0 Å². The maximum Gasteiger partial charge on any atom is 0.189 e. The smallest absolute Gasteiger partial charge is 0.189 e. The maximum atomic E-state index is 13.2. The van der Waals surface area contributed by atoms with E-state index in [0.29, 0.717) is 23.7 Å². The largest absolute Gasteiger partial charge is 0.489 e. The lowest BCUT2D eigenvalue weighted by Gasteiger charge is -2.13. The van der Waals surface area contributed by atoms with Gasteiger partial charge in [-0.25, -0.2) is 4.39 Å².